The van der Waals surface area contributed by atoms with Crippen LogP contribution in [0.25, 0.3) is 76.9 Å². The van der Waals surface area contributed by atoms with Gasteiger partial charge in [0, 0.05) is 33.1 Å². The molecule has 1 aliphatic carbocycles. The minimum atomic E-state index is -0.127. The molecular formula is C53H37NO. The first-order chi connectivity index (χ1) is 27.0. The topological polar surface area (TPSA) is 16.4 Å². The Balaban J connectivity index is 1.11. The van der Waals surface area contributed by atoms with E-state index in [4.69, 9.17) is 4.42 Å². The molecule has 2 nitrogen and oxygen atoms in total. The van der Waals surface area contributed by atoms with Crippen molar-refractivity contribution < 1.29 is 4.42 Å². The molecule has 1 heterocycles. The van der Waals surface area contributed by atoms with Crippen LogP contribution in [0.3, 0.4) is 0 Å². The average molecular weight is 704 g/mol. The minimum absolute atomic E-state index is 0.127. The number of para-hydroxylation sites is 1. The molecule has 0 spiro atoms. The van der Waals surface area contributed by atoms with Gasteiger partial charge in [0.25, 0.3) is 0 Å². The second kappa shape index (κ2) is 12.1. The summed E-state index contributed by atoms with van der Waals surface area (Å²) in [5.74, 6) is 0. The van der Waals surface area contributed by atoms with Crippen LogP contribution in [-0.2, 0) is 5.41 Å². The SMILES string of the molecule is CC1(C)c2ccccc2-c2ccc(N(c3cccc(-c4ccc5ccccc5c4)c3)c3ccccc3-c3ccc4oc5cc6ccccc6cc5c4c3)cc21. The van der Waals surface area contributed by atoms with Gasteiger partial charge in [-0.15, -0.1) is 0 Å². The van der Waals surface area contributed by atoms with Gasteiger partial charge in [0.15, 0.2) is 0 Å². The Bertz CT molecular complexity index is 3150. The molecule has 0 saturated carbocycles. The fourth-order valence-electron chi connectivity index (χ4n) is 8.99. The Morgan fingerprint density at radius 3 is 1.87 bits per heavy atom. The van der Waals surface area contributed by atoms with Crippen molar-refractivity contribution in [3.05, 3.63) is 199 Å². The monoisotopic (exact) mass is 703 g/mol. The number of benzene rings is 9. The third-order valence-corrected chi connectivity index (χ3v) is 11.8. The van der Waals surface area contributed by atoms with E-state index in [1.165, 1.54) is 54.9 Å². The van der Waals surface area contributed by atoms with E-state index in [1.807, 2.05) is 0 Å². The first kappa shape index (κ1) is 31.6. The maximum Gasteiger partial charge on any atom is 0.136 e. The van der Waals surface area contributed by atoms with Crippen LogP contribution in [0, 0.1) is 0 Å². The van der Waals surface area contributed by atoms with Gasteiger partial charge in [-0.3, -0.25) is 0 Å². The smallest absolute Gasteiger partial charge is 0.136 e. The lowest BCUT2D eigenvalue weighted by Crippen LogP contribution is -2.17. The Hall–Kier alpha value is -6.90. The third-order valence-electron chi connectivity index (χ3n) is 11.8. The Kier molecular flexibility index (Phi) is 6.93. The normalized spacial score (nSPS) is 13.1. The van der Waals surface area contributed by atoms with Gasteiger partial charge in [-0.1, -0.05) is 141 Å². The van der Waals surface area contributed by atoms with Crippen molar-refractivity contribution in [2.24, 2.45) is 0 Å². The largest absolute Gasteiger partial charge is 0.456 e. The zero-order valence-electron chi connectivity index (χ0n) is 30.8. The summed E-state index contributed by atoms with van der Waals surface area (Å²) in [5, 5.41) is 7.13. The average Bonchev–Trinajstić information content (AvgIpc) is 3.70. The number of hydrogen-bond acceptors (Lipinski definition) is 2. The van der Waals surface area contributed by atoms with Crippen molar-refractivity contribution in [1.29, 1.82) is 0 Å². The summed E-state index contributed by atoms with van der Waals surface area (Å²) < 4.78 is 6.43. The summed E-state index contributed by atoms with van der Waals surface area (Å²) in [6, 6.07) is 68.6. The van der Waals surface area contributed by atoms with Crippen molar-refractivity contribution in [3.63, 3.8) is 0 Å². The first-order valence-electron chi connectivity index (χ1n) is 19.1. The molecule has 0 atom stereocenters. The second-order valence-electron chi connectivity index (χ2n) is 15.4. The van der Waals surface area contributed by atoms with E-state index in [-0.39, 0.29) is 5.41 Å². The summed E-state index contributed by atoms with van der Waals surface area (Å²) in [6.07, 6.45) is 0. The van der Waals surface area contributed by atoms with Gasteiger partial charge in [-0.25, -0.2) is 0 Å². The number of nitrogens with zero attached hydrogens (tertiary/aromatic N) is 1. The summed E-state index contributed by atoms with van der Waals surface area (Å²) in [5.41, 5.74) is 15.1. The van der Waals surface area contributed by atoms with Gasteiger partial charge >= 0.3 is 0 Å². The summed E-state index contributed by atoms with van der Waals surface area (Å²) >= 11 is 0. The predicted molar refractivity (Wildman–Crippen MR) is 232 cm³/mol. The molecule has 10 aromatic rings. The lowest BCUT2D eigenvalue weighted by atomic mass is 9.82. The molecule has 0 fully saturated rings. The molecule has 0 aliphatic heterocycles. The third kappa shape index (κ3) is 5.02. The fourth-order valence-corrected chi connectivity index (χ4v) is 8.99. The van der Waals surface area contributed by atoms with Gasteiger partial charge in [-0.05, 0) is 121 Å². The highest BCUT2D eigenvalue weighted by molar-refractivity contribution is 6.11. The Morgan fingerprint density at radius 2 is 1.02 bits per heavy atom. The molecule has 0 unspecified atom stereocenters. The molecule has 9 aromatic carbocycles. The maximum absolute atomic E-state index is 6.43. The zero-order valence-corrected chi connectivity index (χ0v) is 30.8. The standard InChI is InChI=1S/C53H37NO/c1-53(2)48-20-9-7-19-44(48)45-26-25-42(33-49(45)53)54(41-17-11-16-36(29-41)39-23-22-34-12-3-4-13-35(34)28-39)50-21-10-8-18-43(50)40-24-27-51-46(31-40)47-30-37-14-5-6-15-38(37)32-52(47)55-51/h3-33H,1-2H3. The number of rotatable bonds is 5. The number of anilines is 3. The van der Waals surface area contributed by atoms with Crippen LogP contribution in [0.2, 0.25) is 0 Å². The van der Waals surface area contributed by atoms with Crippen molar-refractivity contribution in [3.8, 4) is 33.4 Å². The summed E-state index contributed by atoms with van der Waals surface area (Å²) in [6.45, 7) is 4.71. The lowest BCUT2D eigenvalue weighted by molar-refractivity contribution is 0.660. The zero-order chi connectivity index (χ0) is 36.7. The maximum atomic E-state index is 6.43. The van der Waals surface area contributed by atoms with Crippen LogP contribution in [0.4, 0.5) is 17.1 Å². The molecule has 260 valence electrons. The van der Waals surface area contributed by atoms with Crippen molar-refractivity contribution in [2.45, 2.75) is 19.3 Å². The van der Waals surface area contributed by atoms with Crippen LogP contribution in [0.1, 0.15) is 25.0 Å². The van der Waals surface area contributed by atoms with E-state index in [2.05, 4.69) is 207 Å². The molecule has 0 N–H and O–H groups in total. The highest BCUT2D eigenvalue weighted by Gasteiger charge is 2.36. The van der Waals surface area contributed by atoms with Crippen molar-refractivity contribution in [2.75, 3.05) is 4.90 Å². The quantitative estimate of drug-likeness (QED) is 0.177. The van der Waals surface area contributed by atoms with E-state index in [1.54, 1.807) is 0 Å². The Labute approximate surface area is 320 Å². The number of hydrogen-bond donors (Lipinski definition) is 0. The molecule has 0 saturated heterocycles. The highest BCUT2D eigenvalue weighted by atomic mass is 16.3. The first-order valence-corrected chi connectivity index (χ1v) is 19.1. The summed E-state index contributed by atoms with van der Waals surface area (Å²) in [4.78, 5) is 2.45. The molecule has 0 bridgehead atoms. The molecule has 55 heavy (non-hydrogen) atoms. The van der Waals surface area contributed by atoms with E-state index in [9.17, 15) is 0 Å². The van der Waals surface area contributed by atoms with E-state index in [0.29, 0.717) is 0 Å². The van der Waals surface area contributed by atoms with Crippen LogP contribution in [0.5, 0.6) is 0 Å². The van der Waals surface area contributed by atoms with E-state index < -0.39 is 0 Å². The minimum Gasteiger partial charge on any atom is -0.456 e. The summed E-state index contributed by atoms with van der Waals surface area (Å²) in [7, 11) is 0. The van der Waals surface area contributed by atoms with Gasteiger partial charge in [0.2, 0.25) is 0 Å². The van der Waals surface area contributed by atoms with Crippen LogP contribution in [0.15, 0.2) is 192 Å². The molecule has 1 aliphatic rings. The molecule has 0 amide bonds. The van der Waals surface area contributed by atoms with E-state index in [0.717, 1.165) is 50.1 Å². The van der Waals surface area contributed by atoms with Crippen molar-refractivity contribution in [1.82, 2.24) is 0 Å². The molecule has 1 aromatic heterocycles. The number of fused-ring (bicyclic) bond motifs is 8. The molecule has 2 heteroatoms. The predicted octanol–water partition coefficient (Wildman–Crippen LogP) is 15.0. The van der Waals surface area contributed by atoms with Gasteiger partial charge in [0.05, 0.1) is 5.69 Å². The molecule has 0 radical (unpaired) electrons. The Morgan fingerprint density at radius 1 is 0.382 bits per heavy atom. The van der Waals surface area contributed by atoms with Crippen LogP contribution >= 0.6 is 0 Å². The second-order valence-corrected chi connectivity index (χ2v) is 15.4. The highest BCUT2D eigenvalue weighted by Crippen LogP contribution is 2.51. The van der Waals surface area contributed by atoms with E-state index >= 15 is 0 Å². The molecular weight excluding hydrogens is 667 g/mol. The van der Waals surface area contributed by atoms with Crippen LogP contribution in [-0.4, -0.2) is 0 Å². The lowest BCUT2D eigenvalue weighted by Gasteiger charge is -2.30. The van der Waals surface area contributed by atoms with Gasteiger partial charge in [-0.2, -0.15) is 0 Å². The van der Waals surface area contributed by atoms with Gasteiger partial charge in [0.1, 0.15) is 11.2 Å². The van der Waals surface area contributed by atoms with Gasteiger partial charge < -0.3 is 9.32 Å². The number of furan rings is 1. The van der Waals surface area contributed by atoms with Crippen LogP contribution < -0.4 is 4.90 Å². The van der Waals surface area contributed by atoms with Crippen molar-refractivity contribution >= 4 is 60.5 Å². The fraction of sp³-hybridized carbons (Fsp3) is 0.0566. The molecule has 11 rings (SSSR count).